The van der Waals surface area contributed by atoms with E-state index < -0.39 is 0 Å². The lowest BCUT2D eigenvalue weighted by Crippen LogP contribution is -2.25. The summed E-state index contributed by atoms with van der Waals surface area (Å²) >= 11 is 0. The number of benzene rings is 1. The standard InChI is InChI=1S/C10H15OSi/c1-8-7-9(11-2)5-6-10(8)12(3)4/h5-7H,1-4H3. The smallest absolute Gasteiger partial charge is 0.119 e. The van der Waals surface area contributed by atoms with E-state index in [1.54, 1.807) is 7.11 Å². The monoisotopic (exact) mass is 179 g/mol. The zero-order valence-electron chi connectivity index (χ0n) is 8.14. The van der Waals surface area contributed by atoms with E-state index in [0.717, 1.165) is 5.75 Å². The predicted octanol–water partition coefficient (Wildman–Crippen LogP) is 1.97. The van der Waals surface area contributed by atoms with E-state index >= 15 is 0 Å². The second-order valence-corrected chi connectivity index (χ2v) is 5.72. The normalized spacial score (nSPS) is 10.4. The van der Waals surface area contributed by atoms with Gasteiger partial charge >= 0.3 is 0 Å². The molecule has 2 heteroatoms. The van der Waals surface area contributed by atoms with E-state index in [4.69, 9.17) is 4.74 Å². The van der Waals surface area contributed by atoms with Crippen molar-refractivity contribution in [1.29, 1.82) is 0 Å². The molecule has 1 radical (unpaired) electrons. The number of aryl methyl sites for hydroxylation is 1. The molecule has 0 aliphatic heterocycles. The topological polar surface area (TPSA) is 9.23 Å². The Hall–Kier alpha value is -0.763. The molecule has 0 aliphatic rings. The van der Waals surface area contributed by atoms with Gasteiger partial charge in [0.2, 0.25) is 0 Å². The molecule has 1 rings (SSSR count). The van der Waals surface area contributed by atoms with Crippen molar-refractivity contribution in [3.8, 4) is 5.75 Å². The SMILES string of the molecule is COc1ccc([Si](C)C)c(C)c1. The first-order chi connectivity index (χ1) is 5.65. The second kappa shape index (κ2) is 3.76. The molecule has 1 aromatic rings. The van der Waals surface area contributed by atoms with Crippen LogP contribution in [-0.2, 0) is 0 Å². The van der Waals surface area contributed by atoms with Crippen LogP contribution in [0.4, 0.5) is 0 Å². The van der Waals surface area contributed by atoms with E-state index in [1.165, 1.54) is 10.8 Å². The lowest BCUT2D eigenvalue weighted by atomic mass is 10.2. The molecule has 65 valence electrons. The molecule has 0 unspecified atom stereocenters. The lowest BCUT2D eigenvalue weighted by Gasteiger charge is -2.09. The van der Waals surface area contributed by atoms with Gasteiger partial charge in [0.05, 0.1) is 15.9 Å². The zero-order valence-corrected chi connectivity index (χ0v) is 9.14. The fourth-order valence-corrected chi connectivity index (χ4v) is 2.60. The van der Waals surface area contributed by atoms with Crippen LogP contribution in [0.5, 0.6) is 5.75 Å². The minimum Gasteiger partial charge on any atom is -0.497 e. The predicted molar refractivity (Wildman–Crippen MR) is 54.8 cm³/mol. The molecule has 0 spiro atoms. The summed E-state index contributed by atoms with van der Waals surface area (Å²) in [6.07, 6.45) is 0. The van der Waals surface area contributed by atoms with Crippen molar-refractivity contribution in [1.82, 2.24) is 0 Å². The maximum Gasteiger partial charge on any atom is 0.119 e. The van der Waals surface area contributed by atoms with Crippen LogP contribution in [0.3, 0.4) is 0 Å². The van der Waals surface area contributed by atoms with Gasteiger partial charge in [0.15, 0.2) is 0 Å². The molecule has 0 heterocycles. The Balaban J connectivity index is 3.03. The van der Waals surface area contributed by atoms with Crippen molar-refractivity contribution in [3.05, 3.63) is 23.8 Å². The summed E-state index contributed by atoms with van der Waals surface area (Å²) in [4.78, 5) is 0. The molecular weight excluding hydrogens is 164 g/mol. The number of hydrogen-bond acceptors (Lipinski definition) is 1. The van der Waals surface area contributed by atoms with Crippen molar-refractivity contribution >= 4 is 14.0 Å². The van der Waals surface area contributed by atoms with Crippen molar-refractivity contribution in [2.24, 2.45) is 0 Å². The van der Waals surface area contributed by atoms with Crippen LogP contribution in [0, 0.1) is 6.92 Å². The fraction of sp³-hybridized carbons (Fsp3) is 0.400. The quantitative estimate of drug-likeness (QED) is 0.631. The second-order valence-electron chi connectivity index (χ2n) is 3.18. The van der Waals surface area contributed by atoms with Gasteiger partial charge in [0.25, 0.3) is 0 Å². The van der Waals surface area contributed by atoms with Crippen LogP contribution in [-0.4, -0.2) is 15.9 Å². The Morgan fingerprint density at radius 2 is 1.92 bits per heavy atom. The molecule has 0 aromatic heterocycles. The number of rotatable bonds is 2. The van der Waals surface area contributed by atoms with Crippen LogP contribution in [0.25, 0.3) is 0 Å². The summed E-state index contributed by atoms with van der Waals surface area (Å²) in [5.74, 6) is 0.958. The minimum absolute atomic E-state index is 0.322. The Kier molecular flexibility index (Phi) is 2.92. The summed E-state index contributed by atoms with van der Waals surface area (Å²) in [6, 6.07) is 6.33. The van der Waals surface area contributed by atoms with Gasteiger partial charge in [-0.2, -0.15) is 0 Å². The Labute approximate surface area is 76.0 Å². The van der Waals surface area contributed by atoms with Gasteiger partial charge in [-0.25, -0.2) is 0 Å². The number of ether oxygens (including phenoxy) is 1. The van der Waals surface area contributed by atoms with E-state index in [9.17, 15) is 0 Å². The van der Waals surface area contributed by atoms with Crippen LogP contribution in [0.2, 0.25) is 13.1 Å². The molecule has 0 saturated heterocycles. The van der Waals surface area contributed by atoms with Gasteiger partial charge in [-0.15, -0.1) is 0 Å². The van der Waals surface area contributed by atoms with Crippen LogP contribution < -0.4 is 9.92 Å². The summed E-state index contributed by atoms with van der Waals surface area (Å²) in [7, 11) is 1.38. The molecule has 0 saturated carbocycles. The Morgan fingerprint density at radius 3 is 2.33 bits per heavy atom. The fourth-order valence-electron chi connectivity index (χ4n) is 1.32. The first-order valence-electron chi connectivity index (χ1n) is 4.10. The zero-order chi connectivity index (χ0) is 9.14. The van der Waals surface area contributed by atoms with Crippen LogP contribution in [0.1, 0.15) is 5.56 Å². The highest BCUT2D eigenvalue weighted by Crippen LogP contribution is 2.10. The number of methoxy groups -OCH3 is 1. The Morgan fingerprint density at radius 1 is 1.25 bits per heavy atom. The molecule has 0 fully saturated rings. The molecule has 0 atom stereocenters. The molecule has 0 bridgehead atoms. The average molecular weight is 179 g/mol. The van der Waals surface area contributed by atoms with E-state index in [0.29, 0.717) is 0 Å². The third-order valence-corrected chi connectivity index (χ3v) is 3.61. The summed E-state index contributed by atoms with van der Waals surface area (Å²) in [6.45, 7) is 6.76. The molecular formula is C10H15OSi. The third-order valence-electron chi connectivity index (χ3n) is 1.97. The Bertz CT molecular complexity index is 269. The molecule has 12 heavy (non-hydrogen) atoms. The molecule has 1 aromatic carbocycles. The molecule has 0 amide bonds. The minimum atomic E-state index is -0.322. The van der Waals surface area contributed by atoms with Gasteiger partial charge in [0.1, 0.15) is 5.75 Å². The molecule has 1 nitrogen and oxygen atoms in total. The van der Waals surface area contributed by atoms with E-state index in [-0.39, 0.29) is 8.80 Å². The van der Waals surface area contributed by atoms with Crippen molar-refractivity contribution in [2.45, 2.75) is 20.0 Å². The lowest BCUT2D eigenvalue weighted by molar-refractivity contribution is 0.414. The highest BCUT2D eigenvalue weighted by Gasteiger charge is 2.04. The van der Waals surface area contributed by atoms with E-state index in [2.05, 4.69) is 32.2 Å². The average Bonchev–Trinajstić information content (AvgIpc) is 2.03. The first-order valence-corrected chi connectivity index (χ1v) is 6.60. The van der Waals surface area contributed by atoms with Gasteiger partial charge in [-0.1, -0.05) is 24.3 Å². The highest BCUT2D eigenvalue weighted by molar-refractivity contribution is 6.71. The van der Waals surface area contributed by atoms with Gasteiger partial charge in [-0.05, 0) is 24.6 Å². The van der Waals surface area contributed by atoms with Crippen molar-refractivity contribution < 1.29 is 4.74 Å². The number of hydrogen-bond donors (Lipinski definition) is 0. The van der Waals surface area contributed by atoms with Crippen LogP contribution >= 0.6 is 0 Å². The maximum atomic E-state index is 5.14. The summed E-state index contributed by atoms with van der Waals surface area (Å²) in [5.41, 5.74) is 1.35. The van der Waals surface area contributed by atoms with Gasteiger partial charge in [0, 0.05) is 0 Å². The first kappa shape index (κ1) is 9.33. The summed E-state index contributed by atoms with van der Waals surface area (Å²) < 4.78 is 5.14. The molecule has 0 N–H and O–H groups in total. The van der Waals surface area contributed by atoms with Gasteiger partial charge < -0.3 is 4.74 Å². The van der Waals surface area contributed by atoms with Crippen LogP contribution in [0.15, 0.2) is 18.2 Å². The third kappa shape index (κ3) is 1.88. The highest BCUT2D eigenvalue weighted by atomic mass is 28.3. The molecule has 0 aliphatic carbocycles. The maximum absolute atomic E-state index is 5.14. The van der Waals surface area contributed by atoms with Crippen molar-refractivity contribution in [2.75, 3.05) is 7.11 Å². The van der Waals surface area contributed by atoms with E-state index in [1.807, 2.05) is 6.07 Å². The van der Waals surface area contributed by atoms with Gasteiger partial charge in [-0.3, -0.25) is 0 Å². The van der Waals surface area contributed by atoms with Crippen molar-refractivity contribution in [3.63, 3.8) is 0 Å². The largest absolute Gasteiger partial charge is 0.497 e. The summed E-state index contributed by atoms with van der Waals surface area (Å²) in [5, 5.41) is 1.50.